The summed E-state index contributed by atoms with van der Waals surface area (Å²) in [6.45, 7) is 5.47. The van der Waals surface area contributed by atoms with Crippen molar-refractivity contribution >= 4 is 5.84 Å². The second kappa shape index (κ2) is 6.03. The van der Waals surface area contributed by atoms with Gasteiger partial charge >= 0.3 is 0 Å². The average molecular weight is 288 g/mol. The molecule has 2 aliphatic rings. The quantitative estimate of drug-likeness (QED) is 0.339. The van der Waals surface area contributed by atoms with E-state index in [1.54, 1.807) is 0 Å². The molecular weight excluding hydrogens is 264 g/mol. The van der Waals surface area contributed by atoms with Gasteiger partial charge in [0.15, 0.2) is 5.84 Å². The predicted molar refractivity (Wildman–Crippen MR) is 83.5 cm³/mol. The van der Waals surface area contributed by atoms with E-state index >= 15 is 0 Å². The molecule has 2 saturated heterocycles. The van der Waals surface area contributed by atoms with Gasteiger partial charge in [-0.15, -0.1) is 0 Å². The Morgan fingerprint density at radius 3 is 3.05 bits per heavy atom. The Hall–Kier alpha value is -1.59. The third-order valence-electron chi connectivity index (χ3n) is 4.91. The number of benzene rings is 1. The highest BCUT2D eigenvalue weighted by Crippen LogP contribution is 2.28. The molecule has 2 unspecified atom stereocenters. The molecule has 0 spiro atoms. The second-order valence-corrected chi connectivity index (χ2v) is 6.15. The van der Waals surface area contributed by atoms with Gasteiger partial charge in [-0.05, 0) is 49.9 Å². The molecule has 1 aromatic rings. The normalized spacial score (nSPS) is 26.2. The van der Waals surface area contributed by atoms with E-state index in [4.69, 9.17) is 10.9 Å². The molecule has 2 heterocycles. The van der Waals surface area contributed by atoms with Crippen LogP contribution in [-0.2, 0) is 6.54 Å². The van der Waals surface area contributed by atoms with Gasteiger partial charge in [0, 0.05) is 30.7 Å². The van der Waals surface area contributed by atoms with Crippen LogP contribution in [0.5, 0.6) is 0 Å². The van der Waals surface area contributed by atoms with E-state index in [0.29, 0.717) is 6.04 Å². The molecule has 5 heteroatoms. The summed E-state index contributed by atoms with van der Waals surface area (Å²) >= 11 is 0. The fourth-order valence-electron chi connectivity index (χ4n) is 3.67. The molecule has 2 fully saturated rings. The van der Waals surface area contributed by atoms with Crippen LogP contribution in [0.2, 0.25) is 0 Å². The predicted octanol–water partition coefficient (Wildman–Crippen LogP) is 1.42. The van der Waals surface area contributed by atoms with Crippen molar-refractivity contribution < 1.29 is 5.21 Å². The Bertz CT molecular complexity index is 543. The first-order valence-corrected chi connectivity index (χ1v) is 7.74. The molecule has 114 valence electrons. The number of fused-ring (bicyclic) bond motifs is 1. The Morgan fingerprint density at radius 1 is 1.43 bits per heavy atom. The van der Waals surface area contributed by atoms with Crippen LogP contribution in [-0.4, -0.2) is 41.1 Å². The van der Waals surface area contributed by atoms with E-state index in [2.05, 4.69) is 28.4 Å². The molecule has 0 aromatic heterocycles. The van der Waals surface area contributed by atoms with Crippen molar-refractivity contribution in [3.63, 3.8) is 0 Å². The maximum absolute atomic E-state index is 8.73. The molecule has 0 aliphatic carbocycles. The van der Waals surface area contributed by atoms with Gasteiger partial charge in [0.05, 0.1) is 0 Å². The molecule has 21 heavy (non-hydrogen) atoms. The van der Waals surface area contributed by atoms with Crippen LogP contribution in [0.3, 0.4) is 0 Å². The van der Waals surface area contributed by atoms with Crippen LogP contribution in [0.15, 0.2) is 23.4 Å². The smallest absolute Gasteiger partial charge is 0.170 e. The van der Waals surface area contributed by atoms with Crippen molar-refractivity contribution in [2.75, 3.05) is 13.1 Å². The Balaban J connectivity index is 1.63. The maximum Gasteiger partial charge on any atom is 0.170 e. The number of nitrogens with two attached hydrogens (primary N) is 1. The third kappa shape index (κ3) is 2.89. The lowest BCUT2D eigenvalue weighted by Gasteiger charge is -2.22. The van der Waals surface area contributed by atoms with Crippen LogP contribution in [0.4, 0.5) is 0 Å². The van der Waals surface area contributed by atoms with Crippen LogP contribution >= 0.6 is 0 Å². The van der Waals surface area contributed by atoms with Gasteiger partial charge in [-0.2, -0.15) is 0 Å². The summed E-state index contributed by atoms with van der Waals surface area (Å²) in [6, 6.07) is 7.31. The summed E-state index contributed by atoms with van der Waals surface area (Å²) < 4.78 is 0. The number of nitrogens with one attached hydrogen (secondary N) is 1. The highest BCUT2D eigenvalue weighted by atomic mass is 16.4. The van der Waals surface area contributed by atoms with Gasteiger partial charge in [0.25, 0.3) is 0 Å². The summed E-state index contributed by atoms with van der Waals surface area (Å²) in [5.41, 5.74) is 8.84. The number of aryl methyl sites for hydroxylation is 1. The molecule has 0 amide bonds. The second-order valence-electron chi connectivity index (χ2n) is 6.15. The molecule has 4 N–H and O–H groups in total. The van der Waals surface area contributed by atoms with Crippen molar-refractivity contribution in [1.29, 1.82) is 0 Å². The van der Waals surface area contributed by atoms with Gasteiger partial charge in [-0.3, -0.25) is 4.90 Å². The average Bonchev–Trinajstić information content (AvgIpc) is 3.09. The molecule has 0 radical (unpaired) electrons. The number of hydrogen-bond donors (Lipinski definition) is 3. The molecule has 2 aliphatic heterocycles. The zero-order valence-corrected chi connectivity index (χ0v) is 12.5. The van der Waals surface area contributed by atoms with Crippen LogP contribution in [0.25, 0.3) is 0 Å². The highest BCUT2D eigenvalue weighted by Gasteiger charge is 2.36. The monoisotopic (exact) mass is 288 g/mol. The van der Waals surface area contributed by atoms with Gasteiger partial charge in [-0.25, -0.2) is 0 Å². The van der Waals surface area contributed by atoms with Crippen molar-refractivity contribution in [1.82, 2.24) is 10.2 Å². The minimum atomic E-state index is 0.162. The zero-order valence-electron chi connectivity index (χ0n) is 12.5. The number of nitrogens with zero attached hydrogens (tertiary/aromatic N) is 2. The SMILES string of the molecule is Cc1cc(/C(N)=N/O)ccc1CNC1CCN2CCCC12. The number of amidine groups is 1. The van der Waals surface area contributed by atoms with E-state index < -0.39 is 0 Å². The lowest BCUT2D eigenvalue weighted by molar-refractivity contribution is 0.298. The minimum absolute atomic E-state index is 0.162. The molecule has 2 atom stereocenters. The van der Waals surface area contributed by atoms with Crippen LogP contribution in [0.1, 0.15) is 36.0 Å². The molecule has 5 nitrogen and oxygen atoms in total. The summed E-state index contributed by atoms with van der Waals surface area (Å²) in [7, 11) is 0. The molecular formula is C16H24N4O. The first kappa shape index (κ1) is 14.4. The third-order valence-corrected chi connectivity index (χ3v) is 4.91. The maximum atomic E-state index is 8.73. The van der Waals surface area contributed by atoms with Crippen LogP contribution < -0.4 is 11.1 Å². The van der Waals surface area contributed by atoms with E-state index in [-0.39, 0.29) is 5.84 Å². The standard InChI is InChI=1S/C16H24N4O/c1-11-9-12(16(17)19-21)4-5-13(11)10-18-14-6-8-20-7-2-3-15(14)20/h4-5,9,14-15,18,21H,2-3,6-8,10H2,1H3,(H2,17,19). The number of hydrogen-bond acceptors (Lipinski definition) is 4. The zero-order chi connectivity index (χ0) is 14.8. The highest BCUT2D eigenvalue weighted by molar-refractivity contribution is 5.97. The summed E-state index contributed by atoms with van der Waals surface area (Å²) in [6.07, 6.45) is 3.93. The molecule has 0 bridgehead atoms. The lowest BCUT2D eigenvalue weighted by atomic mass is 10.0. The number of rotatable bonds is 4. The van der Waals surface area contributed by atoms with Crippen molar-refractivity contribution in [2.45, 2.75) is 44.8 Å². The van der Waals surface area contributed by atoms with Crippen molar-refractivity contribution in [2.24, 2.45) is 10.9 Å². The van der Waals surface area contributed by atoms with Gasteiger partial charge in [0.1, 0.15) is 0 Å². The van der Waals surface area contributed by atoms with Gasteiger partial charge in [-0.1, -0.05) is 17.3 Å². The number of oxime groups is 1. The first-order valence-electron chi connectivity index (χ1n) is 7.74. The summed E-state index contributed by atoms with van der Waals surface area (Å²) in [4.78, 5) is 2.62. The van der Waals surface area contributed by atoms with E-state index in [9.17, 15) is 0 Å². The van der Waals surface area contributed by atoms with Crippen molar-refractivity contribution in [3.05, 3.63) is 34.9 Å². The summed E-state index contributed by atoms with van der Waals surface area (Å²) in [5.74, 6) is 0.162. The van der Waals surface area contributed by atoms with E-state index in [1.165, 1.54) is 43.5 Å². The minimum Gasteiger partial charge on any atom is -0.409 e. The van der Waals surface area contributed by atoms with Gasteiger partial charge < -0.3 is 16.3 Å². The molecule has 1 aromatic carbocycles. The molecule has 0 saturated carbocycles. The fraction of sp³-hybridized carbons (Fsp3) is 0.562. The Labute approximate surface area is 125 Å². The Morgan fingerprint density at radius 2 is 2.29 bits per heavy atom. The topological polar surface area (TPSA) is 73.9 Å². The largest absolute Gasteiger partial charge is 0.409 e. The lowest BCUT2D eigenvalue weighted by Crippen LogP contribution is -2.38. The summed E-state index contributed by atoms with van der Waals surface area (Å²) in [5, 5.41) is 15.5. The van der Waals surface area contributed by atoms with E-state index in [1.807, 2.05) is 12.1 Å². The fourth-order valence-corrected chi connectivity index (χ4v) is 3.67. The van der Waals surface area contributed by atoms with Crippen molar-refractivity contribution in [3.8, 4) is 0 Å². The first-order chi connectivity index (χ1) is 10.2. The van der Waals surface area contributed by atoms with Gasteiger partial charge in [0.2, 0.25) is 0 Å². The van der Waals surface area contributed by atoms with E-state index in [0.717, 1.165) is 18.2 Å². The molecule has 3 rings (SSSR count). The van der Waals surface area contributed by atoms with Crippen LogP contribution in [0, 0.1) is 6.92 Å². The Kier molecular flexibility index (Phi) is 4.12.